The molecule has 1 saturated heterocycles. The Labute approximate surface area is 106 Å². The number of hydrogen-bond acceptors (Lipinski definition) is 3. The van der Waals surface area contributed by atoms with E-state index < -0.39 is 17.2 Å². The average Bonchev–Trinajstić information content (AvgIpc) is 2.76. The van der Waals surface area contributed by atoms with E-state index >= 15 is 0 Å². The van der Waals surface area contributed by atoms with E-state index in [2.05, 4.69) is 10.3 Å². The van der Waals surface area contributed by atoms with Crippen LogP contribution in [0.3, 0.4) is 0 Å². The lowest BCUT2D eigenvalue weighted by molar-refractivity contribution is -0.137. The number of aromatic nitrogens is 1. The molecule has 1 aliphatic rings. The highest BCUT2D eigenvalue weighted by molar-refractivity contribution is 6.29. The Bertz CT molecular complexity index is 470. The summed E-state index contributed by atoms with van der Waals surface area (Å²) in [5.74, 6) is 0. The number of carbonyl (C=O) groups is 1. The van der Waals surface area contributed by atoms with Gasteiger partial charge in [-0.2, -0.15) is 13.2 Å². The van der Waals surface area contributed by atoms with Gasteiger partial charge in [-0.1, -0.05) is 11.6 Å². The molecule has 1 atom stereocenters. The topological polar surface area (TPSA) is 42.0 Å². The minimum atomic E-state index is -4.50. The van der Waals surface area contributed by atoms with Gasteiger partial charge in [0, 0.05) is 6.54 Å². The van der Waals surface area contributed by atoms with Crippen molar-refractivity contribution in [3.8, 4) is 0 Å². The van der Waals surface area contributed by atoms with Gasteiger partial charge in [0.2, 0.25) is 0 Å². The Morgan fingerprint density at radius 2 is 2.17 bits per heavy atom. The monoisotopic (exact) mass is 278 g/mol. The zero-order chi connectivity index (χ0) is 13.4. The van der Waals surface area contributed by atoms with E-state index in [-0.39, 0.29) is 17.4 Å². The third-order valence-electron chi connectivity index (χ3n) is 3.05. The standard InChI is InChI=1S/C11H10ClF3N2O/c12-9-4-7(11(13,14)15)3-8(17-9)10(6-18)1-2-16-5-10/h3-4,6,16H,1-2,5H2. The minimum Gasteiger partial charge on any atom is -0.315 e. The lowest BCUT2D eigenvalue weighted by Gasteiger charge is -2.21. The van der Waals surface area contributed by atoms with Crippen LogP contribution in [0.2, 0.25) is 5.15 Å². The highest BCUT2D eigenvalue weighted by Gasteiger charge is 2.39. The SMILES string of the molecule is O=CC1(c2cc(C(F)(F)F)cc(Cl)n2)CCNC1. The third kappa shape index (κ3) is 2.35. The van der Waals surface area contributed by atoms with E-state index in [9.17, 15) is 18.0 Å². The number of nitrogens with one attached hydrogen (secondary N) is 1. The van der Waals surface area contributed by atoms with Crippen LogP contribution in [-0.2, 0) is 16.4 Å². The van der Waals surface area contributed by atoms with Crippen molar-refractivity contribution in [2.24, 2.45) is 0 Å². The molecule has 1 aromatic rings. The average molecular weight is 279 g/mol. The van der Waals surface area contributed by atoms with Crippen molar-refractivity contribution < 1.29 is 18.0 Å². The Morgan fingerprint density at radius 3 is 2.67 bits per heavy atom. The van der Waals surface area contributed by atoms with Crippen molar-refractivity contribution in [1.82, 2.24) is 10.3 Å². The van der Waals surface area contributed by atoms with Gasteiger partial charge in [-0.15, -0.1) is 0 Å². The first kappa shape index (κ1) is 13.3. The number of halogens is 4. The van der Waals surface area contributed by atoms with Crippen LogP contribution < -0.4 is 5.32 Å². The molecule has 0 radical (unpaired) electrons. The van der Waals surface area contributed by atoms with Crippen LogP contribution >= 0.6 is 11.6 Å². The molecule has 7 heteroatoms. The number of alkyl halides is 3. The summed E-state index contributed by atoms with van der Waals surface area (Å²) in [6.45, 7) is 0.843. The highest BCUT2D eigenvalue weighted by atomic mass is 35.5. The molecular formula is C11H10ClF3N2O. The second-order valence-electron chi connectivity index (χ2n) is 4.26. The van der Waals surface area contributed by atoms with E-state index in [0.29, 0.717) is 19.3 Å². The fourth-order valence-corrected chi connectivity index (χ4v) is 2.22. The summed E-state index contributed by atoms with van der Waals surface area (Å²) >= 11 is 5.61. The van der Waals surface area contributed by atoms with E-state index in [1.54, 1.807) is 0 Å². The molecule has 0 aliphatic carbocycles. The molecule has 2 heterocycles. The highest BCUT2D eigenvalue weighted by Crippen LogP contribution is 2.35. The van der Waals surface area contributed by atoms with Crippen LogP contribution in [0.25, 0.3) is 0 Å². The van der Waals surface area contributed by atoms with Gasteiger partial charge in [-0.3, -0.25) is 0 Å². The zero-order valence-electron chi connectivity index (χ0n) is 9.22. The molecule has 0 bridgehead atoms. The Hall–Kier alpha value is -1.14. The molecule has 0 saturated carbocycles. The van der Waals surface area contributed by atoms with Crippen molar-refractivity contribution >= 4 is 17.9 Å². The summed E-state index contributed by atoms with van der Waals surface area (Å²) < 4.78 is 38.0. The van der Waals surface area contributed by atoms with E-state index in [1.165, 1.54) is 0 Å². The fourth-order valence-electron chi connectivity index (χ4n) is 2.01. The molecule has 18 heavy (non-hydrogen) atoms. The predicted octanol–water partition coefficient (Wildman–Crippen LogP) is 2.18. The van der Waals surface area contributed by atoms with Gasteiger partial charge >= 0.3 is 6.18 Å². The summed E-state index contributed by atoms with van der Waals surface area (Å²) in [5, 5.41) is 2.69. The second-order valence-corrected chi connectivity index (χ2v) is 4.65. The molecule has 1 fully saturated rings. The molecule has 98 valence electrons. The summed E-state index contributed by atoms with van der Waals surface area (Å²) in [7, 11) is 0. The maximum Gasteiger partial charge on any atom is 0.416 e. The molecule has 1 N–H and O–H groups in total. The number of hydrogen-bond donors (Lipinski definition) is 1. The van der Waals surface area contributed by atoms with Crippen molar-refractivity contribution in [2.45, 2.75) is 18.0 Å². The van der Waals surface area contributed by atoms with Crippen molar-refractivity contribution in [1.29, 1.82) is 0 Å². The van der Waals surface area contributed by atoms with Gasteiger partial charge in [0.25, 0.3) is 0 Å². The number of aldehydes is 1. The number of rotatable bonds is 2. The molecule has 3 nitrogen and oxygen atoms in total. The normalized spacial score (nSPS) is 24.2. The van der Waals surface area contributed by atoms with Crippen LogP contribution in [-0.4, -0.2) is 24.4 Å². The molecule has 1 aromatic heterocycles. The number of nitrogens with zero attached hydrogens (tertiary/aromatic N) is 1. The predicted molar refractivity (Wildman–Crippen MR) is 59.5 cm³/mol. The lowest BCUT2D eigenvalue weighted by atomic mass is 9.84. The third-order valence-corrected chi connectivity index (χ3v) is 3.24. The van der Waals surface area contributed by atoms with Gasteiger partial charge < -0.3 is 10.1 Å². The van der Waals surface area contributed by atoms with Crippen molar-refractivity contribution in [3.63, 3.8) is 0 Å². The maximum absolute atomic E-state index is 12.7. The summed E-state index contributed by atoms with van der Waals surface area (Å²) in [6.07, 6.45) is -3.44. The first-order chi connectivity index (χ1) is 8.37. The van der Waals surface area contributed by atoms with Crippen LogP contribution in [0, 0.1) is 0 Å². The summed E-state index contributed by atoms with van der Waals surface area (Å²) in [4.78, 5) is 15.1. The van der Waals surface area contributed by atoms with Crippen LogP contribution in [0.4, 0.5) is 13.2 Å². The van der Waals surface area contributed by atoms with Crippen LogP contribution in [0.1, 0.15) is 17.7 Å². The summed E-state index contributed by atoms with van der Waals surface area (Å²) in [6, 6.07) is 1.65. The van der Waals surface area contributed by atoms with E-state index in [1.807, 2.05) is 0 Å². The number of pyridine rings is 1. The molecule has 0 amide bonds. The quantitative estimate of drug-likeness (QED) is 0.666. The first-order valence-corrected chi connectivity index (χ1v) is 5.67. The molecular weight excluding hydrogens is 269 g/mol. The van der Waals surface area contributed by atoms with Gasteiger partial charge in [-0.05, 0) is 25.1 Å². The van der Waals surface area contributed by atoms with Crippen molar-refractivity contribution in [3.05, 3.63) is 28.5 Å². The smallest absolute Gasteiger partial charge is 0.315 e. The van der Waals surface area contributed by atoms with E-state index in [4.69, 9.17) is 11.6 Å². The minimum absolute atomic E-state index is 0.0716. The van der Waals surface area contributed by atoms with Crippen molar-refractivity contribution in [2.75, 3.05) is 13.1 Å². The van der Waals surface area contributed by atoms with Gasteiger partial charge in [0.1, 0.15) is 11.4 Å². The lowest BCUT2D eigenvalue weighted by Crippen LogP contribution is -2.32. The fraction of sp³-hybridized carbons (Fsp3) is 0.455. The zero-order valence-corrected chi connectivity index (χ0v) is 9.98. The first-order valence-electron chi connectivity index (χ1n) is 5.30. The second kappa shape index (κ2) is 4.51. The molecule has 2 rings (SSSR count). The van der Waals surface area contributed by atoms with Gasteiger partial charge in [0.05, 0.1) is 16.7 Å². The van der Waals surface area contributed by atoms with Gasteiger partial charge in [-0.25, -0.2) is 4.98 Å². The van der Waals surface area contributed by atoms with Gasteiger partial charge in [0.15, 0.2) is 0 Å². The van der Waals surface area contributed by atoms with Crippen LogP contribution in [0.5, 0.6) is 0 Å². The maximum atomic E-state index is 12.7. The number of carbonyl (C=O) groups excluding carboxylic acids is 1. The largest absolute Gasteiger partial charge is 0.416 e. The van der Waals surface area contributed by atoms with E-state index in [0.717, 1.165) is 12.1 Å². The molecule has 0 spiro atoms. The molecule has 1 aliphatic heterocycles. The Kier molecular flexibility index (Phi) is 3.33. The Morgan fingerprint density at radius 1 is 1.44 bits per heavy atom. The Balaban J connectivity index is 2.51. The molecule has 1 unspecified atom stereocenters. The summed E-state index contributed by atoms with van der Waals surface area (Å²) in [5.41, 5.74) is -1.82. The molecule has 0 aromatic carbocycles. The van der Waals surface area contributed by atoms with Crippen LogP contribution in [0.15, 0.2) is 12.1 Å².